The number of halogens is 2. The van der Waals surface area contributed by atoms with Gasteiger partial charge in [-0.05, 0) is 0 Å². The molecule has 0 radical (unpaired) electrons. The average Bonchev–Trinajstić information content (AvgIpc) is 2.13. The second-order valence-corrected chi connectivity index (χ2v) is 7.81. The fourth-order valence-corrected chi connectivity index (χ4v) is 3.78. The van der Waals surface area contributed by atoms with Crippen molar-refractivity contribution >= 4 is 19.4 Å². The van der Waals surface area contributed by atoms with Gasteiger partial charge >= 0.3 is 68.6 Å². The zero-order valence-corrected chi connectivity index (χ0v) is 8.05. The molecule has 0 aromatic carbocycles. The van der Waals surface area contributed by atoms with Gasteiger partial charge in [-0.1, -0.05) is 0 Å². The molecule has 1 rings (SSSR count). The van der Waals surface area contributed by atoms with Crippen LogP contribution < -0.4 is 0 Å². The predicted molar refractivity (Wildman–Crippen MR) is 38.4 cm³/mol. The number of hydrogen-bond acceptors (Lipinski definition) is 0. The molecule has 1 atom stereocenters. The molecule has 0 amide bonds. The Morgan fingerprint density at radius 3 is 2.44 bits per heavy atom. The third-order valence-electron chi connectivity index (χ3n) is 1.20. The summed E-state index contributed by atoms with van der Waals surface area (Å²) in [6.07, 6.45) is 6.15. The van der Waals surface area contributed by atoms with E-state index >= 15 is 0 Å². The first-order valence-electron chi connectivity index (χ1n) is 2.52. The monoisotopic (exact) mass is 252 g/mol. The van der Waals surface area contributed by atoms with E-state index in [1.807, 2.05) is 6.08 Å². The van der Waals surface area contributed by atoms with E-state index in [-0.39, 0.29) is 0 Å². The Kier molecular flexibility index (Phi) is 2.76. The molecule has 9 heavy (non-hydrogen) atoms. The Labute approximate surface area is 68.5 Å². The summed E-state index contributed by atoms with van der Waals surface area (Å²) in [4.78, 5) is 0. The van der Waals surface area contributed by atoms with Crippen LogP contribution in [0.4, 0.5) is 0 Å². The van der Waals surface area contributed by atoms with E-state index < -0.39 is 14.0 Å². The minimum atomic E-state index is -1.41. The van der Waals surface area contributed by atoms with E-state index in [4.69, 9.17) is 19.4 Å². The van der Waals surface area contributed by atoms with Gasteiger partial charge in [-0.15, -0.1) is 0 Å². The van der Waals surface area contributed by atoms with Crippen LogP contribution >= 0.6 is 19.4 Å². The Hall–Kier alpha value is 0.683. The molecular formula is C6H7Cl2Rh. The van der Waals surface area contributed by atoms with Crippen molar-refractivity contribution in [3.05, 3.63) is 23.8 Å². The van der Waals surface area contributed by atoms with Crippen LogP contribution in [0.1, 0.15) is 6.92 Å². The van der Waals surface area contributed by atoms with Gasteiger partial charge in [0.25, 0.3) is 0 Å². The van der Waals surface area contributed by atoms with Gasteiger partial charge < -0.3 is 0 Å². The first kappa shape index (κ1) is 7.79. The molecule has 1 unspecified atom stereocenters. The Bertz CT molecular complexity index is 160. The van der Waals surface area contributed by atoms with Crippen LogP contribution in [0.5, 0.6) is 0 Å². The van der Waals surface area contributed by atoms with Crippen LogP contribution in [0.15, 0.2) is 23.8 Å². The van der Waals surface area contributed by atoms with Crippen molar-refractivity contribution in [1.29, 1.82) is 0 Å². The molecule has 0 saturated carbocycles. The number of allylic oxidation sites excluding steroid dienone is 4. The van der Waals surface area contributed by atoms with Gasteiger partial charge in [0.1, 0.15) is 0 Å². The summed E-state index contributed by atoms with van der Waals surface area (Å²) in [5.41, 5.74) is 1.30. The van der Waals surface area contributed by atoms with E-state index in [9.17, 15) is 0 Å². The summed E-state index contributed by atoms with van der Waals surface area (Å²) in [5.74, 6) is 0. The maximum atomic E-state index is 5.78. The molecule has 0 spiro atoms. The first-order chi connectivity index (χ1) is 4.22. The minimum absolute atomic E-state index is 0.374. The summed E-state index contributed by atoms with van der Waals surface area (Å²) in [6.45, 7) is 2.06. The van der Waals surface area contributed by atoms with Crippen LogP contribution in [-0.2, 0) is 14.0 Å². The van der Waals surface area contributed by atoms with Crippen molar-refractivity contribution in [2.45, 2.75) is 11.4 Å². The van der Waals surface area contributed by atoms with Crippen molar-refractivity contribution in [2.24, 2.45) is 0 Å². The Balaban J connectivity index is 2.63. The van der Waals surface area contributed by atoms with E-state index in [0.717, 1.165) is 0 Å². The van der Waals surface area contributed by atoms with Gasteiger partial charge in [0, 0.05) is 0 Å². The fraction of sp³-hybridized carbons (Fsp3) is 0.333. The molecular weight excluding hydrogens is 246 g/mol. The van der Waals surface area contributed by atoms with Crippen LogP contribution in [-0.4, -0.2) is 0 Å². The third kappa shape index (κ3) is 1.80. The molecule has 0 bridgehead atoms. The van der Waals surface area contributed by atoms with Crippen LogP contribution in [0.2, 0.25) is 4.51 Å². The second kappa shape index (κ2) is 3.19. The summed E-state index contributed by atoms with van der Waals surface area (Å²) in [7, 11) is 11.6. The van der Waals surface area contributed by atoms with Crippen molar-refractivity contribution < 1.29 is 14.0 Å². The van der Waals surface area contributed by atoms with Crippen molar-refractivity contribution in [3.8, 4) is 0 Å². The second-order valence-electron chi connectivity index (χ2n) is 1.86. The predicted octanol–water partition coefficient (Wildman–Crippen LogP) is 3.22. The van der Waals surface area contributed by atoms with E-state index in [1.54, 1.807) is 0 Å². The van der Waals surface area contributed by atoms with Gasteiger partial charge in [0.05, 0.1) is 0 Å². The Morgan fingerprint density at radius 1 is 1.56 bits per heavy atom. The van der Waals surface area contributed by atoms with Crippen molar-refractivity contribution in [2.75, 3.05) is 0 Å². The molecule has 0 nitrogen and oxygen atoms in total. The standard InChI is InChI=1S/C6H7.2ClH.Rh/c1-6-4-2-3-5-6;;;/h2-5H,1H3;2*1H;/q;;;+2/p-2. The van der Waals surface area contributed by atoms with Gasteiger partial charge in [-0.3, -0.25) is 0 Å². The normalized spacial score (nSPS) is 26.3. The first-order valence-corrected chi connectivity index (χ1v) is 7.69. The summed E-state index contributed by atoms with van der Waals surface area (Å²) in [6, 6.07) is 0. The molecule has 0 aromatic rings. The molecule has 1 aliphatic rings. The topological polar surface area (TPSA) is 0 Å². The Morgan fingerprint density at radius 2 is 2.22 bits per heavy atom. The van der Waals surface area contributed by atoms with E-state index in [1.165, 1.54) is 5.57 Å². The molecule has 1 aliphatic carbocycles. The SMILES string of the molecule is CC1=CC=C[CH]1[Rh]([Cl])[Cl]. The van der Waals surface area contributed by atoms with Crippen molar-refractivity contribution in [1.82, 2.24) is 0 Å². The quantitative estimate of drug-likeness (QED) is 0.629. The zero-order valence-electron chi connectivity index (χ0n) is 4.90. The zero-order chi connectivity index (χ0) is 6.85. The van der Waals surface area contributed by atoms with Gasteiger partial charge in [0.15, 0.2) is 0 Å². The average molecular weight is 253 g/mol. The summed E-state index contributed by atoms with van der Waals surface area (Å²) < 4.78 is 0.374. The van der Waals surface area contributed by atoms with Gasteiger partial charge in [0.2, 0.25) is 0 Å². The van der Waals surface area contributed by atoms with Crippen molar-refractivity contribution in [3.63, 3.8) is 0 Å². The van der Waals surface area contributed by atoms with Gasteiger partial charge in [-0.25, -0.2) is 0 Å². The number of rotatable bonds is 1. The molecule has 0 fully saturated rings. The van der Waals surface area contributed by atoms with Gasteiger partial charge in [-0.2, -0.15) is 0 Å². The summed E-state index contributed by atoms with van der Waals surface area (Å²) in [5, 5.41) is 0. The molecule has 3 heteroatoms. The molecule has 0 aromatic heterocycles. The molecule has 0 saturated heterocycles. The number of hydrogen-bond donors (Lipinski definition) is 0. The molecule has 54 valence electrons. The molecule has 0 aliphatic heterocycles. The van der Waals surface area contributed by atoms with Crippen LogP contribution in [0, 0.1) is 0 Å². The van der Waals surface area contributed by atoms with E-state index in [2.05, 4.69) is 19.1 Å². The summed E-state index contributed by atoms with van der Waals surface area (Å²) >= 11 is -1.41. The van der Waals surface area contributed by atoms with Crippen LogP contribution in [0.25, 0.3) is 0 Å². The third-order valence-corrected chi connectivity index (χ3v) is 4.89. The maximum absolute atomic E-state index is 5.78. The molecule has 0 heterocycles. The fourth-order valence-electron chi connectivity index (χ4n) is 0.703. The van der Waals surface area contributed by atoms with Crippen LogP contribution in [0.3, 0.4) is 0 Å². The molecule has 0 N–H and O–H groups in total. The van der Waals surface area contributed by atoms with E-state index in [0.29, 0.717) is 4.51 Å².